The zero-order valence-electron chi connectivity index (χ0n) is 11.6. The molecule has 4 heteroatoms. The van der Waals surface area contributed by atoms with Gasteiger partial charge in [0.25, 0.3) is 0 Å². The molecule has 1 unspecified atom stereocenters. The van der Waals surface area contributed by atoms with E-state index in [1.165, 1.54) is 0 Å². The van der Waals surface area contributed by atoms with Gasteiger partial charge >= 0.3 is 5.97 Å². The highest BCUT2D eigenvalue weighted by Crippen LogP contribution is 2.30. The number of halogens is 1. The molecule has 0 bridgehead atoms. The Labute approximate surface area is 119 Å². The number of rotatable bonds is 6. The Hall–Kier alpha value is -1.48. The number of carbonyl (C=O) groups is 1. The van der Waals surface area contributed by atoms with Crippen LogP contribution in [-0.4, -0.2) is 24.7 Å². The van der Waals surface area contributed by atoms with E-state index in [0.717, 1.165) is 30.3 Å². The standard InChI is InChI=1S/C15H20ClNO2/c1-4-11(2)10-17(3)15-12(8-9-14(18)19)6-5-7-13(15)16/h5-9,11H,4,10H2,1-3H3,(H,18,19)/b9-8+. The lowest BCUT2D eigenvalue weighted by Gasteiger charge is -2.25. The van der Waals surface area contributed by atoms with Crippen LogP contribution in [0.5, 0.6) is 0 Å². The van der Waals surface area contributed by atoms with E-state index in [9.17, 15) is 4.79 Å². The summed E-state index contributed by atoms with van der Waals surface area (Å²) in [5.41, 5.74) is 1.70. The second-order valence-electron chi connectivity index (χ2n) is 4.74. The Morgan fingerprint density at radius 1 is 1.53 bits per heavy atom. The maximum atomic E-state index is 10.6. The summed E-state index contributed by atoms with van der Waals surface area (Å²) in [6.07, 6.45) is 3.80. The van der Waals surface area contributed by atoms with Gasteiger partial charge in [0.15, 0.2) is 0 Å². The van der Waals surface area contributed by atoms with Gasteiger partial charge in [-0.05, 0) is 23.6 Å². The summed E-state index contributed by atoms with van der Waals surface area (Å²) in [6, 6.07) is 5.51. The van der Waals surface area contributed by atoms with E-state index < -0.39 is 5.97 Å². The smallest absolute Gasteiger partial charge is 0.328 e. The minimum Gasteiger partial charge on any atom is -0.478 e. The maximum absolute atomic E-state index is 10.6. The van der Waals surface area contributed by atoms with Crippen LogP contribution in [-0.2, 0) is 4.79 Å². The largest absolute Gasteiger partial charge is 0.478 e. The number of hydrogen-bond acceptors (Lipinski definition) is 2. The molecule has 19 heavy (non-hydrogen) atoms. The van der Waals surface area contributed by atoms with Gasteiger partial charge in [0, 0.05) is 19.7 Å². The van der Waals surface area contributed by atoms with Crippen LogP contribution in [0.3, 0.4) is 0 Å². The van der Waals surface area contributed by atoms with Crippen molar-refractivity contribution in [1.29, 1.82) is 0 Å². The highest BCUT2D eigenvalue weighted by molar-refractivity contribution is 6.33. The number of carboxylic acid groups (broad SMARTS) is 1. The third-order valence-electron chi connectivity index (χ3n) is 3.09. The molecule has 0 heterocycles. The predicted molar refractivity (Wildman–Crippen MR) is 80.8 cm³/mol. The Morgan fingerprint density at radius 2 is 2.21 bits per heavy atom. The average Bonchev–Trinajstić information content (AvgIpc) is 2.35. The Balaban J connectivity index is 3.06. The molecule has 1 aromatic rings. The van der Waals surface area contributed by atoms with Crippen LogP contribution in [0.1, 0.15) is 25.8 Å². The number of benzene rings is 1. The molecule has 0 spiro atoms. The van der Waals surface area contributed by atoms with Crippen molar-refractivity contribution in [2.24, 2.45) is 5.92 Å². The Bertz CT molecular complexity index is 471. The fraction of sp³-hybridized carbons (Fsp3) is 0.400. The van der Waals surface area contributed by atoms with E-state index in [1.807, 2.05) is 25.2 Å². The predicted octanol–water partition coefficient (Wildman–Crippen LogP) is 3.92. The van der Waals surface area contributed by atoms with Gasteiger partial charge in [0.2, 0.25) is 0 Å². The van der Waals surface area contributed by atoms with E-state index in [1.54, 1.807) is 6.08 Å². The summed E-state index contributed by atoms with van der Waals surface area (Å²) in [6.45, 7) is 5.21. The van der Waals surface area contributed by atoms with Crippen molar-refractivity contribution in [3.8, 4) is 0 Å². The average molecular weight is 282 g/mol. The van der Waals surface area contributed by atoms with Gasteiger partial charge in [-0.25, -0.2) is 4.79 Å². The first kappa shape index (κ1) is 15.6. The van der Waals surface area contributed by atoms with Crippen LogP contribution in [0.2, 0.25) is 5.02 Å². The molecule has 0 aliphatic carbocycles. The number of aliphatic carboxylic acids is 1. The molecule has 0 saturated carbocycles. The van der Waals surface area contributed by atoms with Crippen molar-refractivity contribution in [2.45, 2.75) is 20.3 Å². The summed E-state index contributed by atoms with van der Waals surface area (Å²) >= 11 is 6.24. The van der Waals surface area contributed by atoms with Gasteiger partial charge in [0.05, 0.1) is 10.7 Å². The lowest BCUT2D eigenvalue weighted by atomic mass is 10.1. The van der Waals surface area contributed by atoms with E-state index in [2.05, 4.69) is 18.7 Å². The number of carboxylic acids is 1. The van der Waals surface area contributed by atoms with Crippen molar-refractivity contribution in [1.82, 2.24) is 0 Å². The lowest BCUT2D eigenvalue weighted by molar-refractivity contribution is -0.131. The third kappa shape index (κ3) is 4.60. The zero-order chi connectivity index (χ0) is 14.4. The molecule has 0 radical (unpaired) electrons. The quantitative estimate of drug-likeness (QED) is 0.804. The van der Waals surface area contributed by atoms with E-state index >= 15 is 0 Å². The van der Waals surface area contributed by atoms with Crippen molar-refractivity contribution in [3.05, 3.63) is 34.9 Å². The monoisotopic (exact) mass is 281 g/mol. The van der Waals surface area contributed by atoms with E-state index in [4.69, 9.17) is 16.7 Å². The molecule has 1 N–H and O–H groups in total. The second kappa shape index (κ2) is 7.19. The van der Waals surface area contributed by atoms with Crippen LogP contribution in [0.25, 0.3) is 6.08 Å². The van der Waals surface area contributed by atoms with Crippen LogP contribution in [0.15, 0.2) is 24.3 Å². The molecular weight excluding hydrogens is 262 g/mol. The molecule has 0 fully saturated rings. The summed E-state index contributed by atoms with van der Waals surface area (Å²) in [5, 5.41) is 9.36. The van der Waals surface area contributed by atoms with Crippen molar-refractivity contribution in [3.63, 3.8) is 0 Å². The number of hydrogen-bond donors (Lipinski definition) is 1. The van der Waals surface area contributed by atoms with Gasteiger partial charge in [-0.15, -0.1) is 0 Å². The number of anilines is 1. The van der Waals surface area contributed by atoms with Crippen molar-refractivity contribution in [2.75, 3.05) is 18.5 Å². The molecule has 0 saturated heterocycles. The summed E-state index contributed by atoms with van der Waals surface area (Å²) < 4.78 is 0. The topological polar surface area (TPSA) is 40.5 Å². The minimum atomic E-state index is -0.962. The van der Waals surface area contributed by atoms with Crippen LogP contribution >= 0.6 is 11.6 Å². The normalized spacial score (nSPS) is 12.6. The lowest BCUT2D eigenvalue weighted by Crippen LogP contribution is -2.24. The first-order chi connectivity index (χ1) is 8.95. The Kier molecular flexibility index (Phi) is 5.90. The summed E-state index contributed by atoms with van der Waals surface area (Å²) in [5.74, 6) is -0.409. The Morgan fingerprint density at radius 3 is 2.79 bits per heavy atom. The van der Waals surface area contributed by atoms with Gasteiger partial charge in [-0.1, -0.05) is 44.0 Å². The van der Waals surface area contributed by atoms with Crippen molar-refractivity contribution < 1.29 is 9.90 Å². The number of para-hydroxylation sites is 1. The van der Waals surface area contributed by atoms with Gasteiger partial charge in [0.1, 0.15) is 0 Å². The highest BCUT2D eigenvalue weighted by atomic mass is 35.5. The van der Waals surface area contributed by atoms with Crippen LogP contribution in [0.4, 0.5) is 5.69 Å². The molecule has 0 amide bonds. The highest BCUT2D eigenvalue weighted by Gasteiger charge is 2.12. The molecule has 0 aliphatic heterocycles. The molecule has 3 nitrogen and oxygen atoms in total. The maximum Gasteiger partial charge on any atom is 0.328 e. The summed E-state index contributed by atoms with van der Waals surface area (Å²) in [7, 11) is 1.98. The fourth-order valence-corrected chi connectivity index (χ4v) is 2.24. The summed E-state index contributed by atoms with van der Waals surface area (Å²) in [4.78, 5) is 12.7. The molecule has 104 valence electrons. The molecule has 1 rings (SSSR count). The number of nitrogens with zero attached hydrogens (tertiary/aromatic N) is 1. The SMILES string of the molecule is CCC(C)CN(C)c1c(Cl)cccc1/C=C/C(=O)O. The van der Waals surface area contributed by atoms with Gasteiger partial charge in [-0.2, -0.15) is 0 Å². The second-order valence-corrected chi connectivity index (χ2v) is 5.15. The van der Waals surface area contributed by atoms with Gasteiger partial charge < -0.3 is 10.0 Å². The fourth-order valence-electron chi connectivity index (χ4n) is 1.92. The zero-order valence-corrected chi connectivity index (χ0v) is 12.3. The van der Waals surface area contributed by atoms with Crippen LogP contribution in [0, 0.1) is 5.92 Å². The molecule has 1 atom stereocenters. The molecule has 1 aromatic carbocycles. The molecule has 0 aromatic heterocycles. The molecular formula is C15H20ClNO2. The molecule has 0 aliphatic rings. The van der Waals surface area contributed by atoms with E-state index in [-0.39, 0.29) is 0 Å². The van der Waals surface area contributed by atoms with Gasteiger partial charge in [-0.3, -0.25) is 0 Å². The third-order valence-corrected chi connectivity index (χ3v) is 3.39. The van der Waals surface area contributed by atoms with Crippen molar-refractivity contribution >= 4 is 29.3 Å². The minimum absolute atomic E-state index is 0.553. The first-order valence-electron chi connectivity index (χ1n) is 6.36. The first-order valence-corrected chi connectivity index (χ1v) is 6.74. The van der Waals surface area contributed by atoms with E-state index in [0.29, 0.717) is 10.9 Å². The van der Waals surface area contributed by atoms with Crippen LogP contribution < -0.4 is 4.90 Å².